The summed E-state index contributed by atoms with van der Waals surface area (Å²) in [7, 11) is 0. The number of nitrogens with one attached hydrogen (secondary N) is 1. The van der Waals surface area contributed by atoms with Crippen LogP contribution in [-0.4, -0.2) is 9.97 Å². The van der Waals surface area contributed by atoms with E-state index in [2.05, 4.69) is 15.3 Å². The number of aromatic nitrogens is 2. The van der Waals surface area contributed by atoms with Crippen LogP contribution in [0.3, 0.4) is 0 Å². The molecule has 0 fully saturated rings. The zero-order valence-corrected chi connectivity index (χ0v) is 11.7. The fourth-order valence-corrected chi connectivity index (χ4v) is 2.76. The molecule has 2 heterocycles. The molecule has 0 unspecified atom stereocenters. The monoisotopic (exact) mass is 289 g/mol. The molecular weight excluding hydrogens is 278 g/mol. The summed E-state index contributed by atoms with van der Waals surface area (Å²) in [5.41, 5.74) is 5.02. The number of rotatable bonds is 4. The van der Waals surface area contributed by atoms with Gasteiger partial charge < -0.3 is 5.32 Å². The van der Waals surface area contributed by atoms with Crippen LogP contribution < -0.4 is 5.32 Å². The van der Waals surface area contributed by atoms with Crippen LogP contribution in [0.15, 0.2) is 41.4 Å². The fourth-order valence-electron chi connectivity index (χ4n) is 1.99. The Morgan fingerprint density at radius 3 is 2.95 bits per heavy atom. The maximum atomic E-state index is 6.18. The van der Waals surface area contributed by atoms with Gasteiger partial charge in [-0.2, -0.15) is 0 Å². The predicted octanol–water partition coefficient (Wildman–Crippen LogP) is 3.63. The highest BCUT2D eigenvalue weighted by atomic mass is 35.5. The summed E-state index contributed by atoms with van der Waals surface area (Å²) in [5.74, 6) is 0. The molecule has 1 aromatic carbocycles. The molecule has 0 spiro atoms. The van der Waals surface area contributed by atoms with E-state index in [4.69, 9.17) is 11.6 Å². The SMILES string of the molecule is Clc1ccc(CNCc2cscn2)c2ncccc12. The summed E-state index contributed by atoms with van der Waals surface area (Å²) in [4.78, 5) is 8.66. The fraction of sp³-hybridized carbons (Fsp3) is 0.143. The Balaban J connectivity index is 1.79. The first-order valence-corrected chi connectivity index (χ1v) is 7.26. The van der Waals surface area contributed by atoms with Crippen molar-refractivity contribution in [1.82, 2.24) is 15.3 Å². The normalized spacial score (nSPS) is 11.0. The number of benzene rings is 1. The Kier molecular flexibility index (Phi) is 3.73. The third kappa shape index (κ3) is 2.76. The minimum absolute atomic E-state index is 0.742. The average molecular weight is 290 g/mol. The van der Waals surface area contributed by atoms with E-state index in [0.29, 0.717) is 0 Å². The molecule has 1 N–H and O–H groups in total. The van der Waals surface area contributed by atoms with Gasteiger partial charge >= 0.3 is 0 Å². The molecule has 2 aromatic heterocycles. The lowest BCUT2D eigenvalue weighted by Gasteiger charge is -2.07. The molecule has 0 bridgehead atoms. The number of pyridine rings is 1. The summed E-state index contributed by atoms with van der Waals surface area (Å²) in [6.45, 7) is 1.52. The summed E-state index contributed by atoms with van der Waals surface area (Å²) >= 11 is 7.78. The van der Waals surface area contributed by atoms with Crippen LogP contribution in [0.2, 0.25) is 5.02 Å². The van der Waals surface area contributed by atoms with Gasteiger partial charge in [-0.15, -0.1) is 11.3 Å². The lowest BCUT2D eigenvalue weighted by atomic mass is 10.1. The zero-order valence-electron chi connectivity index (χ0n) is 10.1. The van der Waals surface area contributed by atoms with Crippen LogP contribution >= 0.6 is 22.9 Å². The lowest BCUT2D eigenvalue weighted by molar-refractivity contribution is 0.685. The quantitative estimate of drug-likeness (QED) is 0.797. The Labute approximate surface area is 120 Å². The molecule has 0 atom stereocenters. The van der Waals surface area contributed by atoms with Gasteiger partial charge in [0.25, 0.3) is 0 Å². The third-order valence-electron chi connectivity index (χ3n) is 2.91. The van der Waals surface area contributed by atoms with Gasteiger partial charge in [0.1, 0.15) is 0 Å². The standard InChI is InChI=1S/C14H12ClN3S/c15-13-4-3-10(14-12(13)2-1-5-17-14)6-16-7-11-8-19-9-18-11/h1-5,8-9,16H,6-7H2. The van der Waals surface area contributed by atoms with Gasteiger partial charge in [-0.1, -0.05) is 17.7 Å². The molecule has 3 rings (SSSR count). The molecular formula is C14H12ClN3S. The van der Waals surface area contributed by atoms with Gasteiger partial charge in [0.05, 0.1) is 16.7 Å². The van der Waals surface area contributed by atoms with Crippen molar-refractivity contribution < 1.29 is 0 Å². The van der Waals surface area contributed by atoms with Crippen molar-refractivity contribution in [2.45, 2.75) is 13.1 Å². The van der Waals surface area contributed by atoms with E-state index in [1.165, 1.54) is 0 Å². The van der Waals surface area contributed by atoms with Crippen LogP contribution in [0.4, 0.5) is 0 Å². The molecule has 19 heavy (non-hydrogen) atoms. The molecule has 0 radical (unpaired) electrons. The van der Waals surface area contributed by atoms with Crippen molar-refractivity contribution in [3.05, 3.63) is 57.6 Å². The Morgan fingerprint density at radius 1 is 1.16 bits per heavy atom. The molecule has 0 aliphatic heterocycles. The van der Waals surface area contributed by atoms with Crippen LogP contribution in [-0.2, 0) is 13.1 Å². The van der Waals surface area contributed by atoms with Gasteiger partial charge in [-0.25, -0.2) is 4.98 Å². The van der Waals surface area contributed by atoms with Gasteiger partial charge in [0.2, 0.25) is 0 Å². The maximum Gasteiger partial charge on any atom is 0.0795 e. The molecule has 0 aliphatic rings. The van der Waals surface area contributed by atoms with Crippen LogP contribution in [0.25, 0.3) is 10.9 Å². The first-order valence-electron chi connectivity index (χ1n) is 5.94. The Morgan fingerprint density at radius 2 is 2.11 bits per heavy atom. The highest BCUT2D eigenvalue weighted by molar-refractivity contribution is 7.07. The second kappa shape index (κ2) is 5.65. The van der Waals surface area contributed by atoms with Gasteiger partial charge in [-0.3, -0.25) is 4.98 Å². The number of halogens is 1. The number of hydrogen-bond acceptors (Lipinski definition) is 4. The smallest absolute Gasteiger partial charge is 0.0795 e. The van der Waals surface area contributed by atoms with Crippen LogP contribution in [0.1, 0.15) is 11.3 Å². The van der Waals surface area contributed by atoms with Crippen molar-refractivity contribution in [3.8, 4) is 0 Å². The van der Waals surface area contributed by atoms with Gasteiger partial charge in [-0.05, 0) is 23.8 Å². The Hall–Kier alpha value is -1.49. The van der Waals surface area contributed by atoms with Gasteiger partial charge in [0.15, 0.2) is 0 Å². The van der Waals surface area contributed by atoms with E-state index < -0.39 is 0 Å². The van der Waals surface area contributed by atoms with E-state index in [-0.39, 0.29) is 0 Å². The molecule has 96 valence electrons. The first kappa shape index (κ1) is 12.5. The van der Waals surface area contributed by atoms with Crippen molar-refractivity contribution in [2.75, 3.05) is 0 Å². The van der Waals surface area contributed by atoms with Crippen molar-refractivity contribution in [3.63, 3.8) is 0 Å². The van der Waals surface area contributed by atoms with Crippen molar-refractivity contribution in [1.29, 1.82) is 0 Å². The average Bonchev–Trinajstić information content (AvgIpc) is 2.95. The second-order valence-corrected chi connectivity index (χ2v) is 5.32. The Bertz CT molecular complexity index is 682. The van der Waals surface area contributed by atoms with E-state index in [1.807, 2.05) is 35.2 Å². The van der Waals surface area contributed by atoms with Crippen LogP contribution in [0, 0.1) is 0 Å². The number of nitrogens with zero attached hydrogens (tertiary/aromatic N) is 2. The van der Waals surface area contributed by atoms with E-state index >= 15 is 0 Å². The molecule has 0 amide bonds. The highest BCUT2D eigenvalue weighted by Crippen LogP contribution is 2.24. The lowest BCUT2D eigenvalue weighted by Crippen LogP contribution is -2.13. The first-order chi connectivity index (χ1) is 9.34. The molecule has 5 heteroatoms. The maximum absolute atomic E-state index is 6.18. The van der Waals surface area contributed by atoms with Crippen molar-refractivity contribution in [2.24, 2.45) is 0 Å². The molecule has 3 aromatic rings. The number of thiazole rings is 1. The molecule has 3 nitrogen and oxygen atoms in total. The number of hydrogen-bond donors (Lipinski definition) is 1. The minimum atomic E-state index is 0.742. The van der Waals surface area contributed by atoms with Crippen molar-refractivity contribution >= 4 is 33.8 Å². The summed E-state index contributed by atoms with van der Waals surface area (Å²) in [6.07, 6.45) is 1.79. The largest absolute Gasteiger partial charge is 0.307 e. The topological polar surface area (TPSA) is 37.8 Å². The van der Waals surface area contributed by atoms with E-state index in [1.54, 1.807) is 17.5 Å². The summed E-state index contributed by atoms with van der Waals surface area (Å²) < 4.78 is 0. The predicted molar refractivity (Wildman–Crippen MR) is 79.4 cm³/mol. The van der Waals surface area contributed by atoms with Crippen LogP contribution in [0.5, 0.6) is 0 Å². The number of fused-ring (bicyclic) bond motifs is 1. The summed E-state index contributed by atoms with van der Waals surface area (Å²) in [6, 6.07) is 7.84. The third-order valence-corrected chi connectivity index (χ3v) is 3.87. The van der Waals surface area contributed by atoms with E-state index in [9.17, 15) is 0 Å². The summed E-state index contributed by atoms with van der Waals surface area (Å²) in [5, 5.41) is 7.16. The molecule has 0 aliphatic carbocycles. The van der Waals surface area contributed by atoms with E-state index in [0.717, 1.165) is 40.3 Å². The van der Waals surface area contributed by atoms with Gasteiger partial charge in [0, 0.05) is 35.1 Å². The second-order valence-electron chi connectivity index (χ2n) is 4.19. The zero-order chi connectivity index (χ0) is 13.1. The minimum Gasteiger partial charge on any atom is -0.307 e. The molecule has 0 saturated heterocycles. The highest BCUT2D eigenvalue weighted by Gasteiger charge is 2.05. The molecule has 0 saturated carbocycles.